The summed E-state index contributed by atoms with van der Waals surface area (Å²) in [6.45, 7) is 1.13. The number of hydrogen-bond donors (Lipinski definition) is 2. The Morgan fingerprint density at radius 3 is 2.42 bits per heavy atom. The summed E-state index contributed by atoms with van der Waals surface area (Å²) in [5, 5.41) is 15.8. The molecule has 0 spiro atoms. The summed E-state index contributed by atoms with van der Waals surface area (Å²) in [6, 6.07) is 23.4. The summed E-state index contributed by atoms with van der Waals surface area (Å²) in [7, 11) is 0. The summed E-state index contributed by atoms with van der Waals surface area (Å²) in [6.07, 6.45) is 0.742. The van der Waals surface area contributed by atoms with Gasteiger partial charge in [0.2, 0.25) is 5.79 Å². The van der Waals surface area contributed by atoms with Crippen LogP contribution in [0.1, 0.15) is 23.2 Å². The van der Waals surface area contributed by atoms with E-state index in [2.05, 4.69) is 10.1 Å². The van der Waals surface area contributed by atoms with Crippen LogP contribution in [0.4, 0.5) is 5.82 Å². The Morgan fingerprint density at radius 1 is 1.00 bits per heavy atom. The molecule has 2 aromatic carbocycles. The van der Waals surface area contributed by atoms with Gasteiger partial charge in [-0.3, -0.25) is 0 Å². The van der Waals surface area contributed by atoms with Gasteiger partial charge in [-0.25, -0.2) is 9.50 Å². The number of nitrogens with two attached hydrogens (primary N) is 1. The van der Waals surface area contributed by atoms with Crippen molar-refractivity contribution in [1.29, 1.82) is 0 Å². The maximum absolute atomic E-state index is 11.5. The maximum atomic E-state index is 11.5. The molecule has 2 aromatic heterocycles. The van der Waals surface area contributed by atoms with Crippen LogP contribution in [0.25, 0.3) is 5.52 Å². The lowest BCUT2D eigenvalue weighted by molar-refractivity contribution is -0.213. The fourth-order valence-corrected chi connectivity index (χ4v) is 4.14. The Balaban J connectivity index is 1.35. The third kappa shape index (κ3) is 4.60. The lowest BCUT2D eigenvalue weighted by atomic mass is 10.1. The number of aliphatic hydroxyl groups is 1. The Labute approximate surface area is 191 Å². The quantitative estimate of drug-likeness (QED) is 0.429. The molecule has 1 saturated heterocycles. The molecule has 4 aromatic rings. The molecule has 170 valence electrons. The SMILES string of the molecule is Nc1ncnn2c(C3(O)C[C@H](OCc4ccccc4)C(COCc4ccccc4)O3)ccc12. The number of aromatic nitrogens is 3. The van der Waals surface area contributed by atoms with E-state index in [1.54, 1.807) is 16.6 Å². The Morgan fingerprint density at radius 2 is 1.70 bits per heavy atom. The molecule has 2 unspecified atom stereocenters. The van der Waals surface area contributed by atoms with Gasteiger partial charge in [-0.2, -0.15) is 5.10 Å². The molecule has 33 heavy (non-hydrogen) atoms. The van der Waals surface area contributed by atoms with Gasteiger partial charge in [0.05, 0.1) is 25.9 Å². The molecule has 3 atom stereocenters. The van der Waals surface area contributed by atoms with Crippen molar-refractivity contribution in [3.8, 4) is 0 Å². The van der Waals surface area contributed by atoms with E-state index >= 15 is 0 Å². The zero-order valence-corrected chi connectivity index (χ0v) is 18.1. The van der Waals surface area contributed by atoms with Crippen molar-refractivity contribution in [3.63, 3.8) is 0 Å². The topological polar surface area (TPSA) is 104 Å². The van der Waals surface area contributed by atoms with Gasteiger partial charge in [0.25, 0.3) is 0 Å². The zero-order valence-electron chi connectivity index (χ0n) is 18.1. The van der Waals surface area contributed by atoms with Gasteiger partial charge in [0.15, 0.2) is 5.82 Å². The molecule has 1 aliphatic heterocycles. The number of ether oxygens (including phenoxy) is 3. The molecular formula is C25H26N4O4. The van der Waals surface area contributed by atoms with Gasteiger partial charge in [-0.1, -0.05) is 60.7 Å². The highest BCUT2D eigenvalue weighted by atomic mass is 16.7. The second-order valence-corrected chi connectivity index (χ2v) is 8.14. The van der Waals surface area contributed by atoms with Crippen molar-refractivity contribution in [1.82, 2.24) is 14.6 Å². The van der Waals surface area contributed by atoms with Crippen LogP contribution in [0.2, 0.25) is 0 Å². The first-order chi connectivity index (χ1) is 16.1. The van der Waals surface area contributed by atoms with Crippen molar-refractivity contribution in [2.75, 3.05) is 12.3 Å². The number of anilines is 1. The zero-order chi connectivity index (χ0) is 22.7. The average molecular weight is 447 g/mol. The molecule has 3 heterocycles. The standard InChI is InChI=1S/C25H26N4O4/c26-24-20-11-12-23(29(20)28-17-27-24)25(30)13-21(32-15-19-9-5-2-6-10-19)22(33-25)16-31-14-18-7-3-1-4-8-18/h1-12,17,21-22,30H,13-16H2,(H2,26,27,28)/t21-,22?,25?/m0/s1. The summed E-state index contributed by atoms with van der Waals surface area (Å²) in [5.41, 5.74) is 9.16. The molecule has 0 amide bonds. The lowest BCUT2D eigenvalue weighted by Gasteiger charge is -2.22. The van der Waals surface area contributed by atoms with E-state index < -0.39 is 11.9 Å². The van der Waals surface area contributed by atoms with Crippen molar-refractivity contribution in [2.45, 2.75) is 37.6 Å². The molecular weight excluding hydrogens is 420 g/mol. The van der Waals surface area contributed by atoms with Crippen LogP contribution in [0.5, 0.6) is 0 Å². The first kappa shape index (κ1) is 21.5. The third-order valence-electron chi connectivity index (χ3n) is 5.82. The minimum atomic E-state index is -1.60. The lowest BCUT2D eigenvalue weighted by Crippen LogP contribution is -2.30. The molecule has 0 aliphatic carbocycles. The van der Waals surface area contributed by atoms with Crippen LogP contribution in [-0.2, 0) is 33.2 Å². The van der Waals surface area contributed by atoms with E-state index in [-0.39, 0.29) is 19.1 Å². The van der Waals surface area contributed by atoms with Gasteiger partial charge in [0.1, 0.15) is 23.6 Å². The number of benzene rings is 2. The summed E-state index contributed by atoms with van der Waals surface area (Å²) >= 11 is 0. The highest BCUT2D eigenvalue weighted by molar-refractivity contribution is 5.65. The van der Waals surface area contributed by atoms with E-state index in [4.69, 9.17) is 19.9 Å². The Bertz CT molecular complexity index is 1200. The minimum absolute atomic E-state index is 0.231. The highest BCUT2D eigenvalue weighted by Gasteiger charge is 2.49. The second kappa shape index (κ2) is 9.29. The average Bonchev–Trinajstić information content (AvgIpc) is 3.42. The number of rotatable bonds is 8. The molecule has 0 bridgehead atoms. The highest BCUT2D eigenvalue weighted by Crippen LogP contribution is 2.40. The summed E-state index contributed by atoms with van der Waals surface area (Å²) < 4.78 is 19.9. The van der Waals surface area contributed by atoms with Crippen molar-refractivity contribution in [2.24, 2.45) is 0 Å². The first-order valence-electron chi connectivity index (χ1n) is 10.9. The van der Waals surface area contributed by atoms with E-state index in [0.29, 0.717) is 30.2 Å². The van der Waals surface area contributed by atoms with Crippen LogP contribution in [0.15, 0.2) is 79.1 Å². The predicted molar refractivity (Wildman–Crippen MR) is 122 cm³/mol. The molecule has 5 rings (SSSR count). The predicted octanol–water partition coefficient (Wildman–Crippen LogP) is 3.05. The Kier molecular flexibility index (Phi) is 6.06. The van der Waals surface area contributed by atoms with Crippen LogP contribution < -0.4 is 5.73 Å². The molecule has 1 aliphatic rings. The normalized spacial score (nSPS) is 22.7. The summed E-state index contributed by atoms with van der Waals surface area (Å²) in [5.74, 6) is -1.27. The minimum Gasteiger partial charge on any atom is -0.382 e. The summed E-state index contributed by atoms with van der Waals surface area (Å²) in [4.78, 5) is 4.01. The smallest absolute Gasteiger partial charge is 0.212 e. The molecule has 1 fully saturated rings. The van der Waals surface area contributed by atoms with Crippen LogP contribution in [0, 0.1) is 0 Å². The second-order valence-electron chi connectivity index (χ2n) is 8.14. The molecule has 0 saturated carbocycles. The monoisotopic (exact) mass is 446 g/mol. The number of nitrogens with zero attached hydrogens (tertiary/aromatic N) is 3. The first-order valence-corrected chi connectivity index (χ1v) is 10.9. The van der Waals surface area contributed by atoms with Crippen molar-refractivity contribution >= 4 is 11.3 Å². The van der Waals surface area contributed by atoms with E-state index in [0.717, 1.165) is 11.1 Å². The third-order valence-corrected chi connectivity index (χ3v) is 5.82. The van der Waals surface area contributed by atoms with Gasteiger partial charge < -0.3 is 25.1 Å². The molecule has 8 nitrogen and oxygen atoms in total. The fourth-order valence-electron chi connectivity index (χ4n) is 4.14. The largest absolute Gasteiger partial charge is 0.382 e. The van der Waals surface area contributed by atoms with Gasteiger partial charge in [0, 0.05) is 6.42 Å². The van der Waals surface area contributed by atoms with Gasteiger partial charge in [-0.05, 0) is 23.3 Å². The van der Waals surface area contributed by atoms with Gasteiger partial charge >= 0.3 is 0 Å². The molecule has 0 radical (unpaired) electrons. The molecule has 8 heteroatoms. The van der Waals surface area contributed by atoms with E-state index in [1.807, 2.05) is 60.7 Å². The number of fused-ring (bicyclic) bond motifs is 1. The number of hydrogen-bond acceptors (Lipinski definition) is 7. The number of nitrogen functional groups attached to an aromatic ring is 1. The van der Waals surface area contributed by atoms with E-state index in [9.17, 15) is 5.11 Å². The van der Waals surface area contributed by atoms with E-state index in [1.165, 1.54) is 6.33 Å². The van der Waals surface area contributed by atoms with Crippen molar-refractivity contribution < 1.29 is 19.3 Å². The van der Waals surface area contributed by atoms with Crippen LogP contribution in [-0.4, -0.2) is 38.5 Å². The van der Waals surface area contributed by atoms with Crippen LogP contribution >= 0.6 is 0 Å². The fraction of sp³-hybridized carbons (Fsp3) is 0.280. The van der Waals surface area contributed by atoms with Crippen molar-refractivity contribution in [3.05, 3.63) is 95.9 Å². The molecule has 3 N–H and O–H groups in total. The van der Waals surface area contributed by atoms with Gasteiger partial charge in [-0.15, -0.1) is 0 Å². The maximum Gasteiger partial charge on any atom is 0.212 e. The van der Waals surface area contributed by atoms with Crippen LogP contribution in [0.3, 0.4) is 0 Å². The Hall–Kier alpha value is -3.30.